The zero-order valence-corrected chi connectivity index (χ0v) is 12.2. The number of hydrogen-bond acceptors (Lipinski definition) is 5. The number of carbonyl (C=O) groups excluding carboxylic acids is 1. The number of sulfonamides is 1. The summed E-state index contributed by atoms with van der Waals surface area (Å²) in [4.78, 5) is 12.0. The normalized spacial score (nSPS) is 11.1. The van der Waals surface area contributed by atoms with E-state index in [1.807, 2.05) is 0 Å². The summed E-state index contributed by atoms with van der Waals surface area (Å²) in [6.45, 7) is 0. The van der Waals surface area contributed by atoms with E-state index in [9.17, 15) is 13.2 Å². The molecule has 8 heteroatoms. The Morgan fingerprint density at radius 3 is 2.57 bits per heavy atom. The molecule has 0 saturated carbocycles. The molecule has 112 valence electrons. The molecular weight excluding hydrogens is 296 g/mol. The smallest absolute Gasteiger partial charge is 0.291 e. The van der Waals surface area contributed by atoms with Gasteiger partial charge in [-0.3, -0.25) is 4.79 Å². The van der Waals surface area contributed by atoms with E-state index in [0.717, 1.165) is 0 Å². The monoisotopic (exact) mass is 310 g/mol. The van der Waals surface area contributed by atoms with Crippen molar-refractivity contribution < 1.29 is 22.4 Å². The fourth-order valence-corrected chi connectivity index (χ4v) is 2.27. The van der Waals surface area contributed by atoms with Crippen LogP contribution in [0.2, 0.25) is 0 Å². The zero-order chi connectivity index (χ0) is 15.5. The zero-order valence-electron chi connectivity index (χ0n) is 11.4. The van der Waals surface area contributed by atoms with Gasteiger partial charge in [0.2, 0.25) is 5.09 Å². The van der Waals surface area contributed by atoms with Crippen molar-refractivity contribution in [1.82, 2.24) is 4.72 Å². The highest BCUT2D eigenvalue weighted by Crippen LogP contribution is 2.24. The molecule has 7 nitrogen and oxygen atoms in total. The molecule has 2 aromatic rings. The van der Waals surface area contributed by atoms with E-state index < -0.39 is 15.9 Å². The van der Waals surface area contributed by atoms with E-state index in [4.69, 9.17) is 9.15 Å². The average Bonchev–Trinajstić information content (AvgIpc) is 2.98. The lowest BCUT2D eigenvalue weighted by atomic mass is 10.3. The van der Waals surface area contributed by atoms with Crippen molar-refractivity contribution in [2.24, 2.45) is 0 Å². The standard InChI is InChI=1S/C13H14N2O5S/c1-14-21(17,18)12-8-7-11(20-12)13(16)15-9-5-3-4-6-10(9)19-2/h3-8,14H,1-2H3,(H,15,16). The number of furan rings is 1. The number of hydrogen-bond donors (Lipinski definition) is 2. The first-order chi connectivity index (χ1) is 9.97. The van der Waals surface area contributed by atoms with Crippen LogP contribution in [-0.2, 0) is 10.0 Å². The molecule has 0 unspecified atom stereocenters. The van der Waals surface area contributed by atoms with Gasteiger partial charge in [-0.05, 0) is 31.3 Å². The van der Waals surface area contributed by atoms with Crippen LogP contribution in [0.1, 0.15) is 10.6 Å². The predicted molar refractivity (Wildman–Crippen MR) is 75.9 cm³/mol. The number of anilines is 1. The summed E-state index contributed by atoms with van der Waals surface area (Å²) in [7, 11) is -0.980. The lowest BCUT2D eigenvalue weighted by molar-refractivity contribution is 0.0991. The van der Waals surface area contributed by atoms with Gasteiger partial charge in [0.1, 0.15) is 5.75 Å². The SMILES string of the molecule is CNS(=O)(=O)c1ccc(C(=O)Nc2ccccc2OC)o1. The molecule has 1 heterocycles. The van der Waals surface area contributed by atoms with Gasteiger partial charge in [0, 0.05) is 0 Å². The molecule has 0 saturated heterocycles. The van der Waals surface area contributed by atoms with Crippen LogP contribution in [-0.4, -0.2) is 28.5 Å². The van der Waals surface area contributed by atoms with E-state index in [1.165, 1.54) is 26.3 Å². The second-order valence-corrected chi connectivity index (χ2v) is 5.80. The molecule has 0 atom stereocenters. The average molecular weight is 310 g/mol. The Bertz CT molecular complexity index is 751. The number of para-hydroxylation sites is 2. The Balaban J connectivity index is 2.22. The summed E-state index contributed by atoms with van der Waals surface area (Å²) in [5.74, 6) is -0.202. The Kier molecular flexibility index (Phi) is 4.29. The molecule has 0 aliphatic rings. The summed E-state index contributed by atoms with van der Waals surface area (Å²) < 4.78 is 35.3. The third-order valence-electron chi connectivity index (χ3n) is 2.69. The second kappa shape index (κ2) is 5.98. The highest BCUT2D eigenvalue weighted by Gasteiger charge is 2.20. The molecule has 1 aromatic carbocycles. The third kappa shape index (κ3) is 3.23. The molecule has 0 aliphatic carbocycles. The van der Waals surface area contributed by atoms with Crippen molar-refractivity contribution in [2.75, 3.05) is 19.5 Å². The molecular formula is C13H14N2O5S. The summed E-state index contributed by atoms with van der Waals surface area (Å²) in [6.07, 6.45) is 0. The fraction of sp³-hybridized carbons (Fsp3) is 0.154. The first-order valence-electron chi connectivity index (χ1n) is 5.95. The summed E-state index contributed by atoms with van der Waals surface area (Å²) in [5, 5.41) is 2.26. The number of nitrogens with one attached hydrogen (secondary N) is 2. The van der Waals surface area contributed by atoms with Gasteiger partial charge in [0.15, 0.2) is 5.76 Å². The van der Waals surface area contributed by atoms with Gasteiger partial charge in [-0.2, -0.15) is 0 Å². The van der Waals surface area contributed by atoms with Gasteiger partial charge in [-0.25, -0.2) is 13.1 Å². The number of rotatable bonds is 5. The first-order valence-corrected chi connectivity index (χ1v) is 7.44. The number of methoxy groups -OCH3 is 1. The molecule has 0 aliphatic heterocycles. The van der Waals surface area contributed by atoms with Crippen LogP contribution in [0.3, 0.4) is 0 Å². The Morgan fingerprint density at radius 2 is 1.90 bits per heavy atom. The van der Waals surface area contributed by atoms with E-state index in [2.05, 4.69) is 10.0 Å². The lowest BCUT2D eigenvalue weighted by Gasteiger charge is -2.08. The molecule has 0 radical (unpaired) electrons. The Morgan fingerprint density at radius 1 is 1.19 bits per heavy atom. The van der Waals surface area contributed by atoms with Crippen LogP contribution >= 0.6 is 0 Å². The van der Waals surface area contributed by atoms with Crippen LogP contribution in [0, 0.1) is 0 Å². The van der Waals surface area contributed by atoms with Gasteiger partial charge < -0.3 is 14.5 Å². The summed E-state index contributed by atoms with van der Waals surface area (Å²) in [5.41, 5.74) is 0.458. The van der Waals surface area contributed by atoms with Gasteiger partial charge in [0.25, 0.3) is 15.9 Å². The maximum absolute atomic E-state index is 12.0. The Labute approximate surface area is 122 Å². The van der Waals surface area contributed by atoms with Crippen molar-refractivity contribution in [3.05, 3.63) is 42.2 Å². The summed E-state index contributed by atoms with van der Waals surface area (Å²) >= 11 is 0. The van der Waals surface area contributed by atoms with Crippen LogP contribution in [0.4, 0.5) is 5.69 Å². The fourth-order valence-electron chi connectivity index (χ4n) is 1.62. The highest BCUT2D eigenvalue weighted by atomic mass is 32.2. The van der Waals surface area contributed by atoms with E-state index in [1.54, 1.807) is 24.3 Å². The van der Waals surface area contributed by atoms with Crippen molar-refractivity contribution in [3.8, 4) is 5.75 Å². The number of benzene rings is 1. The van der Waals surface area contributed by atoms with E-state index >= 15 is 0 Å². The molecule has 21 heavy (non-hydrogen) atoms. The minimum Gasteiger partial charge on any atom is -0.495 e. The van der Waals surface area contributed by atoms with Crippen LogP contribution in [0.25, 0.3) is 0 Å². The largest absolute Gasteiger partial charge is 0.495 e. The van der Waals surface area contributed by atoms with E-state index in [-0.39, 0.29) is 10.9 Å². The van der Waals surface area contributed by atoms with Gasteiger partial charge in [-0.1, -0.05) is 12.1 Å². The van der Waals surface area contributed by atoms with Gasteiger partial charge in [0.05, 0.1) is 12.8 Å². The first kappa shape index (κ1) is 15.1. The minimum atomic E-state index is -3.72. The molecule has 0 fully saturated rings. The maximum Gasteiger partial charge on any atom is 0.291 e. The van der Waals surface area contributed by atoms with Crippen molar-refractivity contribution in [1.29, 1.82) is 0 Å². The molecule has 2 rings (SSSR count). The molecule has 2 N–H and O–H groups in total. The van der Waals surface area contributed by atoms with Crippen molar-refractivity contribution >= 4 is 21.6 Å². The second-order valence-electron chi connectivity index (χ2n) is 3.98. The van der Waals surface area contributed by atoms with Gasteiger partial charge >= 0.3 is 0 Å². The summed E-state index contributed by atoms with van der Waals surface area (Å²) in [6, 6.07) is 9.34. The maximum atomic E-state index is 12.0. The van der Waals surface area contributed by atoms with Crippen LogP contribution in [0.15, 0.2) is 45.9 Å². The van der Waals surface area contributed by atoms with Crippen molar-refractivity contribution in [3.63, 3.8) is 0 Å². The number of amides is 1. The third-order valence-corrected chi connectivity index (χ3v) is 3.98. The topological polar surface area (TPSA) is 97.6 Å². The number of carbonyl (C=O) groups is 1. The predicted octanol–water partition coefficient (Wildman–Crippen LogP) is 1.45. The molecule has 1 amide bonds. The molecule has 0 spiro atoms. The molecule has 1 aromatic heterocycles. The number of ether oxygens (including phenoxy) is 1. The minimum absolute atomic E-state index is 0.116. The van der Waals surface area contributed by atoms with E-state index in [0.29, 0.717) is 11.4 Å². The van der Waals surface area contributed by atoms with Crippen LogP contribution < -0.4 is 14.8 Å². The molecule has 0 bridgehead atoms. The van der Waals surface area contributed by atoms with Crippen LogP contribution in [0.5, 0.6) is 5.75 Å². The van der Waals surface area contributed by atoms with Gasteiger partial charge in [-0.15, -0.1) is 0 Å². The quantitative estimate of drug-likeness (QED) is 0.871. The lowest BCUT2D eigenvalue weighted by Crippen LogP contribution is -2.18. The Hall–Kier alpha value is -2.32. The highest BCUT2D eigenvalue weighted by molar-refractivity contribution is 7.89. The van der Waals surface area contributed by atoms with Crippen molar-refractivity contribution in [2.45, 2.75) is 5.09 Å².